The van der Waals surface area contributed by atoms with Crippen LogP contribution < -0.4 is 0 Å². The van der Waals surface area contributed by atoms with Crippen molar-refractivity contribution in [2.75, 3.05) is 19.6 Å². The van der Waals surface area contributed by atoms with Crippen LogP contribution in [0.2, 0.25) is 0 Å². The van der Waals surface area contributed by atoms with Crippen LogP contribution in [-0.4, -0.2) is 35.5 Å². The minimum atomic E-state index is 0.935. The maximum atomic E-state index is 8.42. The van der Waals surface area contributed by atoms with Gasteiger partial charge >= 0.3 is 0 Å². The van der Waals surface area contributed by atoms with Crippen molar-refractivity contribution in [2.45, 2.75) is 19.8 Å². The Morgan fingerprint density at radius 2 is 2.10 bits per heavy atom. The summed E-state index contributed by atoms with van der Waals surface area (Å²) in [5, 5.41) is 11.6. The van der Waals surface area contributed by atoms with Gasteiger partial charge in [-0.15, -0.1) is 0 Å². The van der Waals surface area contributed by atoms with E-state index < -0.39 is 0 Å². The van der Waals surface area contributed by atoms with Crippen LogP contribution in [0, 0.1) is 0 Å². The monoisotopic (exact) mass is 142 g/mol. The minimum Gasteiger partial charge on any atom is -0.411 e. The summed E-state index contributed by atoms with van der Waals surface area (Å²) in [6, 6.07) is 0. The third-order valence-corrected chi connectivity index (χ3v) is 2.02. The summed E-state index contributed by atoms with van der Waals surface area (Å²) in [6.45, 7) is 5.37. The van der Waals surface area contributed by atoms with Crippen LogP contribution >= 0.6 is 0 Å². The van der Waals surface area contributed by atoms with Gasteiger partial charge in [-0.2, -0.15) is 0 Å². The molecule has 58 valence electrons. The van der Waals surface area contributed by atoms with E-state index in [1.54, 1.807) is 0 Å². The van der Waals surface area contributed by atoms with E-state index in [2.05, 4.69) is 17.0 Å². The van der Waals surface area contributed by atoms with E-state index in [0.29, 0.717) is 0 Å². The molecule has 10 heavy (non-hydrogen) atoms. The Hall–Kier alpha value is -0.570. The molecular weight excluding hydrogens is 128 g/mol. The van der Waals surface area contributed by atoms with Gasteiger partial charge in [-0.3, -0.25) is 0 Å². The van der Waals surface area contributed by atoms with Crippen molar-refractivity contribution < 1.29 is 5.21 Å². The summed E-state index contributed by atoms with van der Waals surface area (Å²) >= 11 is 0. The Labute approximate surface area is 61.3 Å². The highest BCUT2D eigenvalue weighted by atomic mass is 16.4. The molecular formula is C7H14N2O. The van der Waals surface area contributed by atoms with Gasteiger partial charge in [0, 0.05) is 25.9 Å². The minimum absolute atomic E-state index is 0.935. The van der Waals surface area contributed by atoms with Crippen LogP contribution in [0.25, 0.3) is 0 Å². The molecule has 0 amide bonds. The first kappa shape index (κ1) is 7.54. The third-order valence-electron chi connectivity index (χ3n) is 2.02. The fourth-order valence-electron chi connectivity index (χ4n) is 1.23. The van der Waals surface area contributed by atoms with Crippen molar-refractivity contribution in [3.63, 3.8) is 0 Å². The molecule has 1 rings (SSSR count). The zero-order chi connectivity index (χ0) is 7.40. The van der Waals surface area contributed by atoms with Crippen LogP contribution in [0.4, 0.5) is 0 Å². The summed E-state index contributed by atoms with van der Waals surface area (Å²) in [5.74, 6) is 0. The van der Waals surface area contributed by atoms with Gasteiger partial charge in [0.05, 0.1) is 5.71 Å². The zero-order valence-corrected chi connectivity index (χ0v) is 6.38. The molecule has 0 aromatic heterocycles. The zero-order valence-electron chi connectivity index (χ0n) is 6.38. The fourth-order valence-corrected chi connectivity index (χ4v) is 1.23. The van der Waals surface area contributed by atoms with E-state index >= 15 is 0 Å². The quantitative estimate of drug-likeness (QED) is 0.436. The molecule has 1 heterocycles. The van der Waals surface area contributed by atoms with Gasteiger partial charge < -0.3 is 10.1 Å². The van der Waals surface area contributed by atoms with Gasteiger partial charge in [-0.1, -0.05) is 12.1 Å². The van der Waals surface area contributed by atoms with Crippen LogP contribution in [0.3, 0.4) is 0 Å². The summed E-state index contributed by atoms with van der Waals surface area (Å²) in [7, 11) is 0. The van der Waals surface area contributed by atoms with E-state index in [1.807, 2.05) is 0 Å². The fraction of sp³-hybridized carbons (Fsp3) is 0.857. The molecule has 0 radical (unpaired) electrons. The number of hydrogen-bond donors (Lipinski definition) is 1. The maximum absolute atomic E-state index is 8.42. The number of likely N-dealkylation sites (tertiary alicyclic amines) is 1. The number of hydrogen-bond acceptors (Lipinski definition) is 3. The van der Waals surface area contributed by atoms with Gasteiger partial charge in [0.2, 0.25) is 0 Å². The topological polar surface area (TPSA) is 35.8 Å². The van der Waals surface area contributed by atoms with Crippen molar-refractivity contribution in [1.29, 1.82) is 0 Å². The Morgan fingerprint density at radius 3 is 2.50 bits per heavy atom. The molecule has 3 nitrogen and oxygen atoms in total. The van der Waals surface area contributed by atoms with Crippen molar-refractivity contribution in [3.05, 3.63) is 0 Å². The van der Waals surface area contributed by atoms with Crippen molar-refractivity contribution >= 4 is 5.71 Å². The average molecular weight is 142 g/mol. The standard InChI is InChI=1S/C7H14N2O/c1-2-9-5-3-7(8-10)4-6-9/h10H,2-6H2,1H3. The highest BCUT2D eigenvalue weighted by Gasteiger charge is 2.12. The third kappa shape index (κ3) is 1.70. The first-order valence-corrected chi connectivity index (χ1v) is 3.79. The largest absolute Gasteiger partial charge is 0.411 e. The second kappa shape index (κ2) is 3.56. The molecule has 1 fully saturated rings. The molecule has 0 aromatic rings. The number of rotatable bonds is 1. The second-order valence-electron chi connectivity index (χ2n) is 2.60. The summed E-state index contributed by atoms with van der Waals surface area (Å²) in [4.78, 5) is 2.36. The average Bonchev–Trinajstić information content (AvgIpc) is 2.05. The van der Waals surface area contributed by atoms with E-state index in [4.69, 9.17) is 5.21 Å². The molecule has 0 unspecified atom stereocenters. The van der Waals surface area contributed by atoms with Crippen molar-refractivity contribution in [1.82, 2.24) is 4.90 Å². The van der Waals surface area contributed by atoms with Gasteiger partial charge in [-0.05, 0) is 6.54 Å². The predicted molar refractivity (Wildman–Crippen MR) is 40.6 cm³/mol. The normalized spacial score (nSPS) is 21.1. The molecule has 1 aliphatic heterocycles. The smallest absolute Gasteiger partial charge is 0.0596 e. The molecule has 0 spiro atoms. The van der Waals surface area contributed by atoms with E-state index in [1.165, 1.54) is 0 Å². The number of oxime groups is 1. The van der Waals surface area contributed by atoms with Crippen molar-refractivity contribution in [3.8, 4) is 0 Å². The van der Waals surface area contributed by atoms with Crippen LogP contribution in [0.1, 0.15) is 19.8 Å². The Bertz CT molecular complexity index is 124. The Morgan fingerprint density at radius 1 is 1.50 bits per heavy atom. The van der Waals surface area contributed by atoms with Crippen molar-refractivity contribution in [2.24, 2.45) is 5.16 Å². The lowest BCUT2D eigenvalue weighted by molar-refractivity contribution is 0.274. The molecule has 0 aromatic carbocycles. The van der Waals surface area contributed by atoms with Gasteiger partial charge in [-0.25, -0.2) is 0 Å². The lowest BCUT2D eigenvalue weighted by atomic mass is 10.1. The molecule has 3 heteroatoms. The first-order valence-electron chi connectivity index (χ1n) is 3.79. The van der Waals surface area contributed by atoms with Gasteiger partial charge in [0.25, 0.3) is 0 Å². The van der Waals surface area contributed by atoms with Crippen LogP contribution in [-0.2, 0) is 0 Å². The summed E-state index contributed by atoms with van der Waals surface area (Å²) < 4.78 is 0. The lowest BCUT2D eigenvalue weighted by Crippen LogP contribution is -2.33. The number of nitrogens with zero attached hydrogens (tertiary/aromatic N) is 2. The van der Waals surface area contributed by atoms with E-state index in [9.17, 15) is 0 Å². The summed E-state index contributed by atoms with van der Waals surface area (Å²) in [5.41, 5.74) is 0.949. The Balaban J connectivity index is 2.31. The van der Waals surface area contributed by atoms with E-state index in [-0.39, 0.29) is 0 Å². The first-order chi connectivity index (χ1) is 4.86. The maximum Gasteiger partial charge on any atom is 0.0596 e. The molecule has 1 aliphatic rings. The van der Waals surface area contributed by atoms with Gasteiger partial charge in [0.1, 0.15) is 0 Å². The van der Waals surface area contributed by atoms with E-state index in [0.717, 1.165) is 38.2 Å². The predicted octanol–water partition coefficient (Wildman–Crippen LogP) is 0.932. The molecule has 0 saturated carbocycles. The highest BCUT2D eigenvalue weighted by Crippen LogP contribution is 2.05. The Kier molecular flexibility index (Phi) is 2.68. The molecule has 0 atom stereocenters. The van der Waals surface area contributed by atoms with Crippen LogP contribution in [0.15, 0.2) is 5.16 Å². The second-order valence-corrected chi connectivity index (χ2v) is 2.60. The van der Waals surface area contributed by atoms with Gasteiger partial charge in [0.15, 0.2) is 0 Å². The van der Waals surface area contributed by atoms with Crippen LogP contribution in [0.5, 0.6) is 0 Å². The molecule has 1 N–H and O–H groups in total. The molecule has 0 aliphatic carbocycles. The summed E-state index contributed by atoms with van der Waals surface area (Å²) in [6.07, 6.45) is 1.87. The highest BCUT2D eigenvalue weighted by molar-refractivity contribution is 5.84. The molecule has 1 saturated heterocycles. The lowest BCUT2D eigenvalue weighted by Gasteiger charge is -2.24. The SMILES string of the molecule is CCN1CCC(=NO)CC1. The molecule has 0 bridgehead atoms. The number of piperidine rings is 1.